The number of amides is 2. The molecule has 5 nitrogen and oxygen atoms in total. The average molecular weight is 457 g/mol. The highest BCUT2D eigenvalue weighted by atomic mass is 35.5. The van der Waals surface area contributed by atoms with Crippen molar-refractivity contribution in [2.24, 2.45) is 0 Å². The van der Waals surface area contributed by atoms with Crippen LogP contribution < -0.4 is 15.4 Å². The Bertz CT molecular complexity index is 1060. The number of carbonyl (C=O) groups excluding carboxylic acids is 2. The second-order valence-electron chi connectivity index (χ2n) is 6.80. The molecule has 1 atom stereocenters. The van der Waals surface area contributed by atoms with Crippen LogP contribution in [0.5, 0.6) is 5.75 Å². The van der Waals surface area contributed by atoms with Gasteiger partial charge in [0.1, 0.15) is 18.4 Å². The predicted octanol–water partition coefficient (Wildman–Crippen LogP) is 4.97. The molecule has 0 saturated heterocycles. The monoisotopic (exact) mass is 456 g/mol. The molecule has 0 saturated carbocycles. The van der Waals surface area contributed by atoms with E-state index in [1.165, 1.54) is 0 Å². The van der Waals surface area contributed by atoms with Crippen LogP contribution in [0, 0.1) is 0 Å². The number of hydrogen-bond acceptors (Lipinski definition) is 3. The van der Waals surface area contributed by atoms with E-state index in [0.29, 0.717) is 6.54 Å². The van der Waals surface area contributed by atoms with Crippen LogP contribution in [0.25, 0.3) is 11.1 Å². The molecular weight excluding hydrogens is 435 g/mol. The smallest absolute Gasteiger partial charge is 0.253 e. The molecule has 0 radical (unpaired) electrons. The molecule has 3 rings (SSSR count). The van der Waals surface area contributed by atoms with Gasteiger partial charge in [-0.2, -0.15) is 0 Å². The zero-order valence-electron chi connectivity index (χ0n) is 16.9. The highest BCUT2D eigenvalue weighted by molar-refractivity contribution is 6.43. The Kier molecular flexibility index (Phi) is 7.93. The first-order valence-electron chi connectivity index (χ1n) is 9.77. The van der Waals surface area contributed by atoms with Crippen LogP contribution in [0.3, 0.4) is 0 Å². The number of rotatable bonds is 8. The van der Waals surface area contributed by atoms with Crippen molar-refractivity contribution in [3.8, 4) is 16.9 Å². The average Bonchev–Trinajstić information content (AvgIpc) is 2.79. The van der Waals surface area contributed by atoms with Crippen molar-refractivity contribution in [2.45, 2.75) is 13.0 Å². The molecule has 31 heavy (non-hydrogen) atoms. The number of carbonyl (C=O) groups is 2. The Morgan fingerprint density at radius 3 is 2.42 bits per heavy atom. The first-order valence-corrected chi connectivity index (χ1v) is 10.5. The Labute approximate surface area is 191 Å². The molecule has 0 heterocycles. The van der Waals surface area contributed by atoms with Crippen molar-refractivity contribution in [3.05, 3.63) is 88.4 Å². The lowest BCUT2D eigenvalue weighted by molar-refractivity contribution is -0.122. The molecule has 2 N–H and O–H groups in total. The number of para-hydroxylation sites is 1. The van der Waals surface area contributed by atoms with Crippen molar-refractivity contribution in [1.29, 1.82) is 0 Å². The zero-order chi connectivity index (χ0) is 22.2. The number of halogens is 2. The number of ether oxygens (including phenoxy) is 1. The molecular formula is C24H22Cl2N2O3. The van der Waals surface area contributed by atoms with Gasteiger partial charge < -0.3 is 15.4 Å². The van der Waals surface area contributed by atoms with Crippen LogP contribution in [0.4, 0.5) is 0 Å². The van der Waals surface area contributed by atoms with E-state index in [1.807, 2.05) is 54.6 Å². The lowest BCUT2D eigenvalue weighted by Crippen LogP contribution is -2.45. The van der Waals surface area contributed by atoms with Gasteiger partial charge in [-0.25, -0.2) is 0 Å². The fourth-order valence-electron chi connectivity index (χ4n) is 2.96. The van der Waals surface area contributed by atoms with Gasteiger partial charge in [0.05, 0.1) is 22.2 Å². The summed E-state index contributed by atoms with van der Waals surface area (Å²) in [6, 6.07) is 21.7. The summed E-state index contributed by atoms with van der Waals surface area (Å²) in [4.78, 5) is 24.7. The van der Waals surface area contributed by atoms with Gasteiger partial charge in [0.25, 0.3) is 5.91 Å². The summed E-state index contributed by atoms with van der Waals surface area (Å²) in [5.74, 6) is -0.0606. The largest absolute Gasteiger partial charge is 0.491 e. The van der Waals surface area contributed by atoms with Gasteiger partial charge in [0.2, 0.25) is 5.91 Å². The second-order valence-corrected chi connectivity index (χ2v) is 7.58. The molecule has 3 aromatic rings. The van der Waals surface area contributed by atoms with Crippen LogP contribution in [-0.4, -0.2) is 31.0 Å². The molecule has 0 spiro atoms. The van der Waals surface area contributed by atoms with E-state index in [9.17, 15) is 9.59 Å². The maximum Gasteiger partial charge on any atom is 0.253 e. The summed E-state index contributed by atoms with van der Waals surface area (Å²) in [7, 11) is 0. The van der Waals surface area contributed by atoms with E-state index < -0.39 is 11.9 Å². The summed E-state index contributed by atoms with van der Waals surface area (Å²) >= 11 is 12.0. The molecule has 3 aromatic carbocycles. The van der Waals surface area contributed by atoms with Gasteiger partial charge in [-0.3, -0.25) is 9.59 Å². The minimum Gasteiger partial charge on any atom is -0.491 e. The van der Waals surface area contributed by atoms with Crippen molar-refractivity contribution in [1.82, 2.24) is 10.6 Å². The quantitative estimate of drug-likeness (QED) is 0.470. The van der Waals surface area contributed by atoms with Gasteiger partial charge in [-0.15, -0.1) is 0 Å². The first-order chi connectivity index (χ1) is 15.0. The van der Waals surface area contributed by atoms with E-state index in [4.69, 9.17) is 27.9 Å². The third-order valence-corrected chi connectivity index (χ3v) is 5.39. The van der Waals surface area contributed by atoms with Crippen LogP contribution in [0.15, 0.2) is 72.8 Å². The molecule has 0 bridgehead atoms. The highest BCUT2D eigenvalue weighted by Crippen LogP contribution is 2.29. The fraction of sp³-hybridized carbons (Fsp3) is 0.167. The van der Waals surface area contributed by atoms with Gasteiger partial charge in [0, 0.05) is 5.56 Å². The minimum absolute atomic E-state index is 0.153. The normalized spacial score (nSPS) is 11.5. The van der Waals surface area contributed by atoms with Crippen LogP contribution in [-0.2, 0) is 4.79 Å². The predicted molar refractivity (Wildman–Crippen MR) is 124 cm³/mol. The minimum atomic E-state index is -0.751. The Morgan fingerprint density at radius 1 is 0.935 bits per heavy atom. The van der Waals surface area contributed by atoms with Crippen LogP contribution >= 0.6 is 23.2 Å². The van der Waals surface area contributed by atoms with E-state index >= 15 is 0 Å². The molecule has 7 heteroatoms. The van der Waals surface area contributed by atoms with Crippen molar-refractivity contribution < 1.29 is 14.3 Å². The van der Waals surface area contributed by atoms with Gasteiger partial charge >= 0.3 is 0 Å². The highest BCUT2D eigenvalue weighted by Gasteiger charge is 2.19. The number of nitrogens with one attached hydrogen (secondary N) is 2. The molecule has 0 aromatic heterocycles. The summed E-state index contributed by atoms with van der Waals surface area (Å²) in [5.41, 5.74) is 2.25. The second kappa shape index (κ2) is 10.8. The standard InChI is InChI=1S/C24H22Cl2N2O3/c1-16(28-24(30)19-11-7-12-20(25)22(19)26)23(29)27-14-15-31-21-13-6-5-10-18(21)17-8-3-2-4-9-17/h2-13,16H,14-15H2,1H3,(H,27,29)(H,28,30). The van der Waals surface area contributed by atoms with E-state index in [-0.39, 0.29) is 28.1 Å². The molecule has 0 fully saturated rings. The lowest BCUT2D eigenvalue weighted by Gasteiger charge is -2.16. The molecule has 0 aliphatic rings. The van der Waals surface area contributed by atoms with Gasteiger partial charge in [-0.1, -0.05) is 77.8 Å². The summed E-state index contributed by atoms with van der Waals surface area (Å²) in [6.45, 7) is 2.17. The fourth-order valence-corrected chi connectivity index (χ4v) is 3.34. The molecule has 1 unspecified atom stereocenters. The van der Waals surface area contributed by atoms with Gasteiger partial charge in [0.15, 0.2) is 0 Å². The number of benzene rings is 3. The summed E-state index contributed by atoms with van der Waals surface area (Å²) < 4.78 is 5.87. The maximum atomic E-state index is 12.4. The lowest BCUT2D eigenvalue weighted by atomic mass is 10.1. The summed E-state index contributed by atoms with van der Waals surface area (Å²) in [5, 5.41) is 5.81. The van der Waals surface area contributed by atoms with E-state index in [0.717, 1.165) is 16.9 Å². The SMILES string of the molecule is CC(NC(=O)c1cccc(Cl)c1Cl)C(=O)NCCOc1ccccc1-c1ccccc1. The van der Waals surface area contributed by atoms with E-state index in [2.05, 4.69) is 10.6 Å². The van der Waals surface area contributed by atoms with Crippen molar-refractivity contribution in [3.63, 3.8) is 0 Å². The van der Waals surface area contributed by atoms with Crippen molar-refractivity contribution in [2.75, 3.05) is 13.2 Å². The Hall–Kier alpha value is -3.02. The van der Waals surface area contributed by atoms with E-state index in [1.54, 1.807) is 25.1 Å². The van der Waals surface area contributed by atoms with Gasteiger partial charge in [-0.05, 0) is 30.7 Å². The van der Waals surface area contributed by atoms with Crippen LogP contribution in [0.2, 0.25) is 10.0 Å². The van der Waals surface area contributed by atoms with Crippen molar-refractivity contribution >= 4 is 35.0 Å². The third-order valence-electron chi connectivity index (χ3n) is 4.57. The molecule has 2 amide bonds. The molecule has 0 aliphatic heterocycles. The van der Waals surface area contributed by atoms with Crippen LogP contribution in [0.1, 0.15) is 17.3 Å². The Morgan fingerprint density at radius 2 is 1.65 bits per heavy atom. The molecule has 160 valence electrons. The maximum absolute atomic E-state index is 12.4. The topological polar surface area (TPSA) is 67.4 Å². The first kappa shape index (κ1) is 22.7. The number of hydrogen-bond donors (Lipinski definition) is 2. The Balaban J connectivity index is 1.50. The summed E-state index contributed by atoms with van der Waals surface area (Å²) in [6.07, 6.45) is 0. The zero-order valence-corrected chi connectivity index (χ0v) is 18.4. The molecule has 0 aliphatic carbocycles. The third kappa shape index (κ3) is 6.00.